The van der Waals surface area contributed by atoms with E-state index in [-0.39, 0.29) is 11.6 Å². The van der Waals surface area contributed by atoms with Gasteiger partial charge < -0.3 is 51.6 Å². The molecule has 0 radical (unpaired) electrons. The highest BCUT2D eigenvalue weighted by Gasteiger charge is 2.71. The second kappa shape index (κ2) is 8.98. The van der Waals surface area contributed by atoms with Crippen LogP contribution in [0.2, 0.25) is 0 Å². The monoisotopic (exact) mass is 512 g/mol. The van der Waals surface area contributed by atoms with Gasteiger partial charge in [-0.1, -0.05) is 0 Å². The molecule has 0 aromatic carbocycles. The smallest absolute Gasteiger partial charge is 0.352 e. The molecule has 2 saturated heterocycles. The first kappa shape index (κ1) is 25.8. The van der Waals surface area contributed by atoms with Crippen molar-refractivity contribution in [2.24, 2.45) is 0 Å². The number of Topliss-reactive ketones (excluding diaryl/α,β-unsaturated/α-hetero) is 1. The van der Waals surface area contributed by atoms with E-state index in [9.17, 15) is 45.0 Å². The maximum atomic E-state index is 14.4. The molecule has 2 aliphatic rings. The maximum absolute atomic E-state index is 14.4. The zero-order valence-corrected chi connectivity index (χ0v) is 18.4. The minimum absolute atomic E-state index is 0.285. The molecule has 17 nitrogen and oxygen atoms in total. The summed E-state index contributed by atoms with van der Waals surface area (Å²) in [5.74, 6) is -2.17. The van der Waals surface area contributed by atoms with E-state index in [0.29, 0.717) is 9.13 Å². The zero-order chi connectivity index (χ0) is 26.6. The zero-order valence-electron chi connectivity index (χ0n) is 18.4. The molecule has 2 fully saturated rings. The van der Waals surface area contributed by atoms with Gasteiger partial charge >= 0.3 is 11.4 Å². The van der Waals surface area contributed by atoms with E-state index >= 15 is 0 Å². The lowest BCUT2D eigenvalue weighted by atomic mass is 9.87. The van der Waals surface area contributed by atoms with Gasteiger partial charge in [-0.15, -0.1) is 0 Å². The summed E-state index contributed by atoms with van der Waals surface area (Å²) in [7, 11) is 0. The molecule has 0 saturated carbocycles. The number of hydrogen-bond acceptors (Lipinski definition) is 15. The highest BCUT2D eigenvalue weighted by atomic mass is 16.6. The first-order valence-corrected chi connectivity index (χ1v) is 10.5. The van der Waals surface area contributed by atoms with Gasteiger partial charge in [-0.3, -0.25) is 13.9 Å². The van der Waals surface area contributed by atoms with E-state index in [2.05, 4.69) is 9.97 Å². The number of aliphatic hydroxyl groups is 6. The summed E-state index contributed by atoms with van der Waals surface area (Å²) >= 11 is 0. The lowest BCUT2D eigenvalue weighted by molar-refractivity contribution is -0.219. The molecular weight excluding hydrogens is 488 g/mol. The van der Waals surface area contributed by atoms with Gasteiger partial charge in [0, 0.05) is 12.4 Å². The quantitative estimate of drug-likeness (QED) is 0.179. The lowest BCUT2D eigenvalue weighted by Crippen LogP contribution is -2.67. The fraction of sp³-hybridized carbons (Fsp3) is 0.526. The number of nitrogen functional groups attached to an aromatic ring is 2. The van der Waals surface area contributed by atoms with E-state index < -0.39 is 78.5 Å². The summed E-state index contributed by atoms with van der Waals surface area (Å²) in [4.78, 5) is 47.0. The van der Waals surface area contributed by atoms with Crippen LogP contribution in [0.3, 0.4) is 0 Å². The Balaban J connectivity index is 2.06. The van der Waals surface area contributed by atoms with Crippen molar-refractivity contribution in [2.45, 2.75) is 48.1 Å². The van der Waals surface area contributed by atoms with Gasteiger partial charge in [0.05, 0.1) is 13.2 Å². The van der Waals surface area contributed by atoms with E-state index in [1.54, 1.807) is 0 Å². The Morgan fingerprint density at radius 1 is 0.833 bits per heavy atom. The molecule has 36 heavy (non-hydrogen) atoms. The van der Waals surface area contributed by atoms with Gasteiger partial charge in [0.2, 0.25) is 17.2 Å². The summed E-state index contributed by atoms with van der Waals surface area (Å²) in [6.07, 6.45) is -10.1. The number of aliphatic hydroxyl groups excluding tert-OH is 6. The van der Waals surface area contributed by atoms with Crippen LogP contribution >= 0.6 is 0 Å². The van der Waals surface area contributed by atoms with Crippen LogP contribution in [0.4, 0.5) is 11.6 Å². The average Bonchev–Trinajstić information content (AvgIpc) is 3.25. The predicted octanol–water partition coefficient (Wildman–Crippen LogP) is -6.23. The lowest BCUT2D eigenvalue weighted by Gasteiger charge is -2.41. The fourth-order valence-corrected chi connectivity index (χ4v) is 4.49. The molecule has 0 spiro atoms. The number of nitrogens with zero attached hydrogens (tertiary/aromatic N) is 4. The van der Waals surface area contributed by atoms with Crippen LogP contribution in [0.5, 0.6) is 0 Å². The summed E-state index contributed by atoms with van der Waals surface area (Å²) < 4.78 is 12.0. The number of aromatic nitrogens is 4. The molecule has 4 heterocycles. The molecule has 17 heteroatoms. The van der Waals surface area contributed by atoms with Crippen molar-refractivity contribution in [1.82, 2.24) is 19.1 Å². The Kier molecular flexibility index (Phi) is 6.43. The topological polar surface area (TPSA) is 279 Å². The van der Waals surface area contributed by atoms with Crippen LogP contribution in [0.15, 0.2) is 34.1 Å². The van der Waals surface area contributed by atoms with E-state index in [4.69, 9.17) is 20.9 Å². The fourth-order valence-electron chi connectivity index (χ4n) is 4.49. The van der Waals surface area contributed by atoms with E-state index in [0.717, 1.165) is 24.5 Å². The maximum Gasteiger partial charge on any atom is 0.352 e. The van der Waals surface area contributed by atoms with Crippen molar-refractivity contribution in [3.63, 3.8) is 0 Å². The summed E-state index contributed by atoms with van der Waals surface area (Å²) in [5.41, 5.74) is 2.50. The van der Waals surface area contributed by atoms with Gasteiger partial charge in [0.25, 0.3) is 0 Å². The Bertz CT molecular complexity index is 1190. The van der Waals surface area contributed by atoms with Crippen LogP contribution in [-0.2, 0) is 25.7 Å². The summed E-state index contributed by atoms with van der Waals surface area (Å²) in [5, 5.41) is 62.4. The SMILES string of the molecule is Nc1ccn([C@]2(C(=O)[C@@]3(n4ccc(N)nc4=O)O[C@H](CO)[C@@H](O)[C@H]3O)O[C@H](CO)[C@@H](O)[C@H]2O)c(=O)n1. The van der Waals surface area contributed by atoms with Crippen molar-refractivity contribution in [2.75, 3.05) is 24.7 Å². The predicted molar refractivity (Wildman–Crippen MR) is 115 cm³/mol. The number of ketones is 1. The van der Waals surface area contributed by atoms with Gasteiger partial charge in [0.15, 0.2) is 0 Å². The largest absolute Gasteiger partial charge is 0.394 e. The molecule has 196 valence electrons. The Hall–Kier alpha value is -3.29. The van der Waals surface area contributed by atoms with Crippen LogP contribution in [0.1, 0.15) is 0 Å². The van der Waals surface area contributed by atoms with Gasteiger partial charge in [-0.2, -0.15) is 9.97 Å². The molecule has 0 amide bonds. The number of carbonyl (C=O) groups excluding carboxylic acids is 1. The Morgan fingerprint density at radius 3 is 1.47 bits per heavy atom. The number of nitrogens with two attached hydrogens (primary N) is 2. The van der Waals surface area contributed by atoms with Crippen molar-refractivity contribution in [3.8, 4) is 0 Å². The normalized spacial score (nSPS) is 36.3. The van der Waals surface area contributed by atoms with Crippen LogP contribution in [-0.4, -0.2) is 105 Å². The van der Waals surface area contributed by atoms with E-state index in [1.165, 1.54) is 0 Å². The number of hydrogen-bond donors (Lipinski definition) is 8. The number of carbonyl (C=O) groups is 1. The molecule has 0 aliphatic carbocycles. The molecule has 2 aliphatic heterocycles. The van der Waals surface area contributed by atoms with Crippen molar-refractivity contribution in [1.29, 1.82) is 0 Å². The molecule has 0 unspecified atom stereocenters. The molecular formula is C19H24N6O11. The highest BCUT2D eigenvalue weighted by molar-refractivity contribution is 5.93. The second-order valence-corrected chi connectivity index (χ2v) is 8.28. The number of rotatable bonds is 6. The minimum atomic E-state index is -3.00. The standard InChI is InChI=1S/C19H24N6O11/c20-9-1-3-24(16(33)22-9)18(13(30)11(28)7(5-26)35-18)15(32)19(14(31)12(29)8(6-27)36-19)25-4-2-10(21)23-17(25)34/h1-4,7-8,11-14,26-31H,5-6H2,(H2,20,22,33)(H2,21,23,34)/t7-,8-,11-,12-,13-,14-,18+,19+/m1/s1. The number of ether oxygens (including phenoxy) is 2. The molecule has 8 atom stereocenters. The molecule has 4 rings (SSSR count). The van der Waals surface area contributed by atoms with Crippen molar-refractivity contribution in [3.05, 3.63) is 45.5 Å². The Labute approximate surface area is 200 Å². The molecule has 10 N–H and O–H groups in total. The third-order valence-corrected chi connectivity index (χ3v) is 6.25. The Morgan fingerprint density at radius 2 is 1.19 bits per heavy atom. The average molecular weight is 512 g/mol. The minimum Gasteiger partial charge on any atom is -0.394 e. The third kappa shape index (κ3) is 3.44. The van der Waals surface area contributed by atoms with Crippen molar-refractivity contribution < 1.29 is 44.9 Å². The number of anilines is 2. The van der Waals surface area contributed by atoms with Gasteiger partial charge in [-0.25, -0.2) is 9.59 Å². The highest BCUT2D eigenvalue weighted by Crippen LogP contribution is 2.45. The molecule has 0 bridgehead atoms. The third-order valence-electron chi connectivity index (χ3n) is 6.25. The van der Waals surface area contributed by atoms with Crippen molar-refractivity contribution >= 4 is 17.4 Å². The molecule has 2 aromatic rings. The van der Waals surface area contributed by atoms with Gasteiger partial charge in [0.1, 0.15) is 48.3 Å². The summed E-state index contributed by atoms with van der Waals surface area (Å²) in [6.45, 7) is -1.88. The second-order valence-electron chi connectivity index (χ2n) is 8.28. The van der Waals surface area contributed by atoms with Crippen LogP contribution < -0.4 is 22.8 Å². The summed E-state index contributed by atoms with van der Waals surface area (Å²) in [6, 6.07) is 2.10. The van der Waals surface area contributed by atoms with Crippen LogP contribution in [0.25, 0.3) is 0 Å². The van der Waals surface area contributed by atoms with E-state index in [1.807, 2.05) is 0 Å². The van der Waals surface area contributed by atoms with Crippen LogP contribution in [0, 0.1) is 0 Å². The first-order valence-electron chi connectivity index (χ1n) is 10.5. The molecule has 2 aromatic heterocycles. The van der Waals surface area contributed by atoms with Gasteiger partial charge in [-0.05, 0) is 12.1 Å². The first-order chi connectivity index (χ1) is 16.9.